The Morgan fingerprint density at radius 1 is 1.16 bits per heavy atom. The van der Waals surface area contributed by atoms with Crippen LogP contribution in [-0.4, -0.2) is 27.0 Å². The average Bonchev–Trinajstić information content (AvgIpc) is 3.17. The van der Waals surface area contributed by atoms with E-state index in [4.69, 9.17) is 20.4 Å². The predicted octanol–water partition coefficient (Wildman–Crippen LogP) is 3.51. The Morgan fingerprint density at radius 3 is 2.81 bits per heavy atom. The van der Waals surface area contributed by atoms with Gasteiger partial charge in [-0.3, -0.25) is 9.36 Å². The Labute approximate surface area is 179 Å². The van der Waals surface area contributed by atoms with Crippen molar-refractivity contribution >= 4 is 22.6 Å². The second-order valence-electron chi connectivity index (χ2n) is 7.73. The third-order valence-electron chi connectivity index (χ3n) is 5.52. The summed E-state index contributed by atoms with van der Waals surface area (Å²) in [6, 6.07) is 17.9. The molecule has 0 fully saturated rings. The van der Waals surface area contributed by atoms with E-state index < -0.39 is 5.91 Å². The monoisotopic (exact) mass is 413 g/mol. The summed E-state index contributed by atoms with van der Waals surface area (Å²) < 4.78 is 7.41. The Hall–Kier alpha value is -3.71. The summed E-state index contributed by atoms with van der Waals surface area (Å²) in [4.78, 5) is 21.9. The van der Waals surface area contributed by atoms with Gasteiger partial charge in [-0.15, -0.1) is 0 Å². The van der Waals surface area contributed by atoms with E-state index in [2.05, 4.69) is 17.4 Å². The van der Waals surface area contributed by atoms with E-state index in [0.717, 1.165) is 33.3 Å². The molecular weight excluding hydrogens is 390 g/mol. The van der Waals surface area contributed by atoms with Crippen LogP contribution in [0.25, 0.3) is 16.9 Å². The third kappa shape index (κ3) is 3.64. The summed E-state index contributed by atoms with van der Waals surface area (Å²) in [5, 5.41) is 4.36. The van der Waals surface area contributed by atoms with E-state index in [-0.39, 0.29) is 0 Å². The number of nitrogens with one attached hydrogen (secondary N) is 1. The highest BCUT2D eigenvalue weighted by Gasteiger charge is 2.22. The number of hydrogen-bond donors (Lipinski definition) is 2. The molecule has 5 rings (SSSR count). The number of primary amides is 1. The molecule has 0 saturated heterocycles. The minimum atomic E-state index is -0.516. The Bertz CT molecular complexity index is 1280. The van der Waals surface area contributed by atoms with Crippen LogP contribution < -0.4 is 11.1 Å². The van der Waals surface area contributed by atoms with Crippen LogP contribution in [0.2, 0.25) is 0 Å². The fourth-order valence-electron chi connectivity index (χ4n) is 3.98. The molecular formula is C24H23N5O2. The Kier molecular flexibility index (Phi) is 4.88. The van der Waals surface area contributed by atoms with E-state index in [1.54, 1.807) is 10.6 Å². The first-order valence-electron chi connectivity index (χ1n) is 10.3. The Balaban J connectivity index is 1.65. The van der Waals surface area contributed by atoms with Crippen molar-refractivity contribution in [1.82, 2.24) is 14.5 Å². The maximum Gasteiger partial charge on any atom is 0.265 e. The van der Waals surface area contributed by atoms with E-state index >= 15 is 0 Å². The molecule has 3 N–H and O–H groups in total. The first-order valence-corrected chi connectivity index (χ1v) is 10.3. The number of carbonyl (C=O) groups excluding carboxylic acids is 1. The van der Waals surface area contributed by atoms with Gasteiger partial charge in [-0.2, -0.15) is 4.98 Å². The number of amides is 1. The van der Waals surface area contributed by atoms with Crippen molar-refractivity contribution in [2.45, 2.75) is 26.5 Å². The van der Waals surface area contributed by atoms with E-state index in [0.29, 0.717) is 43.6 Å². The molecule has 1 aliphatic rings. The first-order chi connectivity index (χ1) is 15.1. The van der Waals surface area contributed by atoms with Gasteiger partial charge in [-0.05, 0) is 30.7 Å². The van der Waals surface area contributed by atoms with Gasteiger partial charge in [-0.1, -0.05) is 42.0 Å². The molecule has 1 amide bonds. The SMILES string of the molecule is Cc1ccc2c(c1)cc(C(N)=O)n2-c1nc2c(c(NCc3ccccc3)n1)COCC2. The molecule has 1 aliphatic heterocycles. The minimum Gasteiger partial charge on any atom is -0.376 e. The Morgan fingerprint density at radius 2 is 2.00 bits per heavy atom. The minimum absolute atomic E-state index is 0.363. The molecule has 2 aromatic carbocycles. The zero-order valence-electron chi connectivity index (χ0n) is 17.3. The van der Waals surface area contributed by atoms with Crippen molar-refractivity contribution in [3.05, 3.63) is 82.7 Å². The van der Waals surface area contributed by atoms with E-state index in [1.807, 2.05) is 43.3 Å². The van der Waals surface area contributed by atoms with Crippen molar-refractivity contribution < 1.29 is 9.53 Å². The smallest absolute Gasteiger partial charge is 0.265 e. The normalized spacial score (nSPS) is 13.2. The highest BCUT2D eigenvalue weighted by Crippen LogP contribution is 2.28. The maximum atomic E-state index is 12.2. The van der Waals surface area contributed by atoms with Gasteiger partial charge in [0.2, 0.25) is 5.95 Å². The van der Waals surface area contributed by atoms with Crippen LogP contribution >= 0.6 is 0 Å². The van der Waals surface area contributed by atoms with Gasteiger partial charge in [0.15, 0.2) is 0 Å². The molecule has 7 nitrogen and oxygen atoms in total. The van der Waals surface area contributed by atoms with Gasteiger partial charge in [-0.25, -0.2) is 4.98 Å². The lowest BCUT2D eigenvalue weighted by molar-refractivity contribution is 0.0993. The number of hydrogen-bond acceptors (Lipinski definition) is 5. The van der Waals surface area contributed by atoms with Crippen LogP contribution in [-0.2, 0) is 24.3 Å². The molecule has 156 valence electrons. The summed E-state index contributed by atoms with van der Waals surface area (Å²) in [7, 11) is 0. The lowest BCUT2D eigenvalue weighted by atomic mass is 10.1. The molecule has 0 spiro atoms. The molecule has 3 heterocycles. The van der Waals surface area contributed by atoms with Gasteiger partial charge >= 0.3 is 0 Å². The molecule has 0 atom stereocenters. The average molecular weight is 413 g/mol. The maximum absolute atomic E-state index is 12.2. The first kappa shape index (κ1) is 19.3. The predicted molar refractivity (Wildman–Crippen MR) is 119 cm³/mol. The van der Waals surface area contributed by atoms with E-state index in [9.17, 15) is 4.79 Å². The van der Waals surface area contributed by atoms with Gasteiger partial charge in [0.1, 0.15) is 11.5 Å². The summed E-state index contributed by atoms with van der Waals surface area (Å²) in [5.41, 5.74) is 11.1. The molecule has 0 saturated carbocycles. The van der Waals surface area contributed by atoms with E-state index in [1.165, 1.54) is 0 Å². The van der Waals surface area contributed by atoms with Gasteiger partial charge in [0.05, 0.1) is 24.4 Å². The van der Waals surface area contributed by atoms with Gasteiger partial charge < -0.3 is 15.8 Å². The topological polar surface area (TPSA) is 95.1 Å². The van der Waals surface area contributed by atoms with Crippen LogP contribution in [0.1, 0.15) is 32.9 Å². The lowest BCUT2D eigenvalue weighted by Gasteiger charge is -2.21. The highest BCUT2D eigenvalue weighted by molar-refractivity contribution is 5.99. The number of aromatic nitrogens is 3. The van der Waals surface area contributed by atoms with Crippen molar-refractivity contribution in [3.8, 4) is 5.95 Å². The zero-order chi connectivity index (χ0) is 21.4. The van der Waals surface area contributed by atoms with Crippen molar-refractivity contribution in [1.29, 1.82) is 0 Å². The van der Waals surface area contributed by atoms with Crippen LogP contribution in [0.5, 0.6) is 0 Å². The van der Waals surface area contributed by atoms with Gasteiger partial charge in [0.25, 0.3) is 5.91 Å². The summed E-state index contributed by atoms with van der Waals surface area (Å²) >= 11 is 0. The zero-order valence-corrected chi connectivity index (χ0v) is 17.3. The van der Waals surface area contributed by atoms with Crippen LogP contribution in [0, 0.1) is 6.92 Å². The number of fused-ring (bicyclic) bond motifs is 2. The molecule has 0 radical (unpaired) electrons. The van der Waals surface area contributed by atoms with Crippen molar-refractivity contribution in [3.63, 3.8) is 0 Å². The molecule has 0 aliphatic carbocycles. The number of nitrogens with two attached hydrogens (primary N) is 1. The van der Waals surface area contributed by atoms with Crippen LogP contribution in [0.3, 0.4) is 0 Å². The second kappa shape index (κ2) is 7.85. The summed E-state index contributed by atoms with van der Waals surface area (Å²) in [5.74, 6) is 0.633. The summed E-state index contributed by atoms with van der Waals surface area (Å²) in [6.07, 6.45) is 0.690. The fraction of sp³-hybridized carbons (Fsp3) is 0.208. The number of rotatable bonds is 5. The molecule has 2 aromatic heterocycles. The fourth-order valence-corrected chi connectivity index (χ4v) is 3.98. The number of carbonyl (C=O) groups is 1. The third-order valence-corrected chi connectivity index (χ3v) is 5.52. The standard InChI is InChI=1S/C24H23N5O2/c1-15-7-8-20-17(11-15)12-21(22(25)30)29(20)24-27-19-9-10-31-14-18(19)23(28-24)26-13-16-5-3-2-4-6-16/h2-8,11-12H,9-10,13-14H2,1H3,(H2,25,30)(H,26,27,28). The van der Waals surface area contributed by atoms with Crippen molar-refractivity contribution in [2.75, 3.05) is 11.9 Å². The molecule has 31 heavy (non-hydrogen) atoms. The van der Waals surface area contributed by atoms with Crippen LogP contribution in [0.4, 0.5) is 5.82 Å². The number of anilines is 1. The largest absolute Gasteiger partial charge is 0.376 e. The highest BCUT2D eigenvalue weighted by atomic mass is 16.5. The summed E-state index contributed by atoms with van der Waals surface area (Å²) in [6.45, 7) is 3.71. The molecule has 7 heteroatoms. The van der Waals surface area contributed by atoms with Crippen molar-refractivity contribution in [2.24, 2.45) is 5.73 Å². The molecule has 0 unspecified atom stereocenters. The molecule has 0 bridgehead atoms. The second-order valence-corrected chi connectivity index (χ2v) is 7.73. The number of ether oxygens (including phenoxy) is 1. The number of aryl methyl sites for hydroxylation is 1. The van der Waals surface area contributed by atoms with Gasteiger partial charge in [0, 0.05) is 23.9 Å². The quantitative estimate of drug-likeness (QED) is 0.522. The number of benzene rings is 2. The lowest BCUT2D eigenvalue weighted by Crippen LogP contribution is -2.21. The molecule has 4 aromatic rings. The van der Waals surface area contributed by atoms with Crippen LogP contribution in [0.15, 0.2) is 54.6 Å². The number of nitrogens with zero attached hydrogens (tertiary/aromatic N) is 3.